The van der Waals surface area contributed by atoms with E-state index in [1.54, 1.807) is 11.8 Å². The molecular weight excluding hydrogens is 429 g/mol. The van der Waals surface area contributed by atoms with Gasteiger partial charge in [-0.3, -0.25) is 4.57 Å². The van der Waals surface area contributed by atoms with Gasteiger partial charge in [-0.25, -0.2) is 0 Å². The summed E-state index contributed by atoms with van der Waals surface area (Å²) in [7, 11) is 0. The molecule has 0 aliphatic heterocycles. The third-order valence-corrected chi connectivity index (χ3v) is 7.85. The summed E-state index contributed by atoms with van der Waals surface area (Å²) < 4.78 is 2.16. The van der Waals surface area contributed by atoms with Crippen LogP contribution in [-0.4, -0.2) is 14.8 Å². The highest BCUT2D eigenvalue weighted by molar-refractivity contribution is 7.98. The second-order valence-electron chi connectivity index (χ2n) is 7.14. The van der Waals surface area contributed by atoms with Crippen molar-refractivity contribution < 1.29 is 0 Å². The van der Waals surface area contributed by atoms with Gasteiger partial charge in [-0.1, -0.05) is 54.0 Å². The zero-order valence-corrected chi connectivity index (χ0v) is 18.8. The van der Waals surface area contributed by atoms with Gasteiger partial charge in [-0.15, -0.1) is 28.1 Å². The number of hydrogen-bond donors (Lipinski definition) is 0. The lowest BCUT2D eigenvalue weighted by Gasteiger charge is -2.19. The molecule has 7 heteroatoms. The third kappa shape index (κ3) is 4.04. The van der Waals surface area contributed by atoms with Crippen molar-refractivity contribution in [3.63, 3.8) is 0 Å². The predicted molar refractivity (Wildman–Crippen MR) is 121 cm³/mol. The van der Waals surface area contributed by atoms with Crippen molar-refractivity contribution in [1.82, 2.24) is 14.8 Å². The van der Waals surface area contributed by atoms with Crippen molar-refractivity contribution in [2.75, 3.05) is 0 Å². The van der Waals surface area contributed by atoms with Crippen LogP contribution in [0.1, 0.15) is 29.3 Å². The van der Waals surface area contributed by atoms with Crippen LogP contribution in [0.3, 0.4) is 0 Å². The number of thioether (sulfide) groups is 1. The molecule has 4 rings (SSSR count). The van der Waals surface area contributed by atoms with Gasteiger partial charge in [0.25, 0.3) is 0 Å². The number of nitrogens with zero attached hydrogens (tertiary/aromatic N) is 3. The van der Waals surface area contributed by atoms with Gasteiger partial charge in [0.05, 0.1) is 10.0 Å². The first-order chi connectivity index (χ1) is 13.6. The first-order valence-electron chi connectivity index (χ1n) is 9.27. The molecule has 0 saturated heterocycles. The molecule has 0 spiro atoms. The number of benzene rings is 1. The molecule has 0 radical (unpaired) electrons. The highest BCUT2D eigenvalue weighted by Gasteiger charge is 2.24. The van der Waals surface area contributed by atoms with E-state index in [0.29, 0.717) is 16.6 Å². The van der Waals surface area contributed by atoms with E-state index in [-0.39, 0.29) is 0 Å². The van der Waals surface area contributed by atoms with Crippen LogP contribution in [0.15, 0.2) is 41.4 Å². The lowest BCUT2D eigenvalue weighted by molar-refractivity contribution is 0.508. The molecule has 0 fully saturated rings. The quantitative estimate of drug-likeness (QED) is 0.302. The summed E-state index contributed by atoms with van der Waals surface area (Å²) in [5.74, 6) is 2.47. The van der Waals surface area contributed by atoms with Crippen molar-refractivity contribution in [3.05, 3.63) is 62.3 Å². The molecule has 1 aromatic carbocycles. The maximum absolute atomic E-state index is 6.14. The van der Waals surface area contributed by atoms with Crippen molar-refractivity contribution >= 4 is 46.3 Å². The molecule has 3 aromatic rings. The number of hydrogen-bond acceptors (Lipinski definition) is 4. The Kier molecular flexibility index (Phi) is 6.16. The molecule has 0 bridgehead atoms. The number of thiophene rings is 1. The van der Waals surface area contributed by atoms with Crippen LogP contribution in [0.25, 0.3) is 11.4 Å². The Morgan fingerprint density at radius 1 is 1.32 bits per heavy atom. The van der Waals surface area contributed by atoms with Gasteiger partial charge in [0.15, 0.2) is 11.0 Å². The highest BCUT2D eigenvalue weighted by Crippen LogP contribution is 2.38. The smallest absolute Gasteiger partial charge is 0.192 e. The minimum absolute atomic E-state index is 0.573. The molecule has 0 N–H and O–H groups in total. The topological polar surface area (TPSA) is 30.7 Å². The normalized spacial score (nSPS) is 16.2. The predicted octanol–water partition coefficient (Wildman–Crippen LogP) is 6.92. The number of halogens is 2. The first kappa shape index (κ1) is 20.0. The molecule has 2 heterocycles. The second-order valence-corrected chi connectivity index (χ2v) is 9.86. The van der Waals surface area contributed by atoms with Crippen molar-refractivity contribution in [1.29, 1.82) is 0 Å². The summed E-state index contributed by atoms with van der Waals surface area (Å²) in [6, 6.07) is 5.73. The molecule has 0 amide bonds. The maximum atomic E-state index is 6.14. The zero-order chi connectivity index (χ0) is 19.7. The Balaban J connectivity index is 1.61. The molecule has 28 heavy (non-hydrogen) atoms. The van der Waals surface area contributed by atoms with Gasteiger partial charge in [-0.2, -0.15) is 0 Å². The number of allylic oxidation sites excluding steroid dienone is 1. The molecule has 3 nitrogen and oxygen atoms in total. The van der Waals surface area contributed by atoms with Crippen molar-refractivity contribution in [3.8, 4) is 11.4 Å². The van der Waals surface area contributed by atoms with Crippen molar-refractivity contribution in [2.24, 2.45) is 5.92 Å². The van der Waals surface area contributed by atoms with Crippen LogP contribution in [0.5, 0.6) is 0 Å². The Bertz CT molecular complexity index is 1010. The number of rotatable bonds is 6. The van der Waals surface area contributed by atoms with Crippen LogP contribution in [0, 0.1) is 5.92 Å². The molecule has 0 unspecified atom stereocenters. The van der Waals surface area contributed by atoms with E-state index in [1.165, 1.54) is 28.8 Å². The summed E-state index contributed by atoms with van der Waals surface area (Å²) in [5, 5.41) is 13.3. The van der Waals surface area contributed by atoms with E-state index in [2.05, 4.69) is 33.6 Å². The van der Waals surface area contributed by atoms with E-state index in [4.69, 9.17) is 23.2 Å². The van der Waals surface area contributed by atoms with Crippen LogP contribution in [0.2, 0.25) is 10.0 Å². The van der Waals surface area contributed by atoms with E-state index in [0.717, 1.165) is 34.6 Å². The average Bonchev–Trinajstić information content (AvgIpc) is 3.26. The number of fused-ring (bicyclic) bond motifs is 1. The maximum Gasteiger partial charge on any atom is 0.192 e. The number of aromatic nitrogens is 3. The first-order valence-corrected chi connectivity index (χ1v) is 11.9. The monoisotopic (exact) mass is 449 g/mol. The lowest BCUT2D eigenvalue weighted by Crippen LogP contribution is -2.10. The summed E-state index contributed by atoms with van der Waals surface area (Å²) in [5.41, 5.74) is 3.81. The van der Waals surface area contributed by atoms with Gasteiger partial charge in [-0.05, 0) is 48.4 Å². The fraction of sp³-hybridized carbons (Fsp3) is 0.333. The van der Waals surface area contributed by atoms with E-state index >= 15 is 0 Å². The summed E-state index contributed by atoms with van der Waals surface area (Å²) >= 11 is 15.7. The van der Waals surface area contributed by atoms with Crippen molar-refractivity contribution in [2.45, 2.75) is 43.6 Å². The zero-order valence-electron chi connectivity index (χ0n) is 15.6. The van der Waals surface area contributed by atoms with Gasteiger partial charge < -0.3 is 0 Å². The Morgan fingerprint density at radius 2 is 2.18 bits per heavy atom. The molecular formula is C21H21Cl2N3S2. The lowest BCUT2D eigenvalue weighted by atomic mass is 9.88. The molecule has 1 atom stereocenters. The molecule has 146 valence electrons. The van der Waals surface area contributed by atoms with Crippen LogP contribution < -0.4 is 0 Å². The van der Waals surface area contributed by atoms with Gasteiger partial charge >= 0.3 is 0 Å². The molecule has 0 saturated carbocycles. The van der Waals surface area contributed by atoms with Crippen LogP contribution >= 0.6 is 46.3 Å². The molecule has 2 aromatic heterocycles. The van der Waals surface area contributed by atoms with E-state index in [1.807, 2.05) is 35.6 Å². The van der Waals surface area contributed by atoms with Gasteiger partial charge in [0.1, 0.15) is 0 Å². The Labute approximate surface area is 183 Å². The minimum Gasteiger partial charge on any atom is -0.298 e. The van der Waals surface area contributed by atoms with E-state index in [9.17, 15) is 0 Å². The summed E-state index contributed by atoms with van der Waals surface area (Å²) in [6.45, 7) is 6.94. The Hall–Kier alpha value is -1.27. The largest absolute Gasteiger partial charge is 0.298 e. The fourth-order valence-electron chi connectivity index (χ4n) is 3.53. The summed E-state index contributed by atoms with van der Waals surface area (Å²) in [6.07, 6.45) is 5.44. The standard InChI is InChI=1S/C21H21Cl2N3S2/c1-3-8-26-20(16-12-27-19-9-13(2)4-6-15(16)19)24-25-21(26)28-11-14-5-7-17(22)18(23)10-14/h3,5,7,10,12-13H,1,4,6,8-9,11H2,2H3/t13-/m0/s1. The second kappa shape index (κ2) is 8.62. The average molecular weight is 450 g/mol. The third-order valence-electron chi connectivity index (χ3n) is 5.02. The molecule has 1 aliphatic rings. The fourth-order valence-corrected chi connectivity index (χ4v) is 5.98. The SMILES string of the molecule is C=CCn1c(SCc2ccc(Cl)c(Cl)c2)nnc1-c1csc2c1CC[C@H](C)C2. The van der Waals surface area contributed by atoms with E-state index < -0.39 is 0 Å². The van der Waals surface area contributed by atoms with Gasteiger partial charge in [0, 0.05) is 28.1 Å². The molecule has 1 aliphatic carbocycles. The Morgan fingerprint density at radius 3 is 2.96 bits per heavy atom. The van der Waals surface area contributed by atoms with Crippen LogP contribution in [0.4, 0.5) is 0 Å². The van der Waals surface area contributed by atoms with Gasteiger partial charge in [0.2, 0.25) is 0 Å². The minimum atomic E-state index is 0.573. The highest BCUT2D eigenvalue weighted by atomic mass is 35.5. The van der Waals surface area contributed by atoms with Crippen LogP contribution in [-0.2, 0) is 25.1 Å². The summed E-state index contributed by atoms with van der Waals surface area (Å²) in [4.78, 5) is 1.51.